The van der Waals surface area contributed by atoms with Gasteiger partial charge >= 0.3 is 5.97 Å². The van der Waals surface area contributed by atoms with E-state index in [-0.39, 0.29) is 0 Å². The Labute approximate surface area is 120 Å². The van der Waals surface area contributed by atoms with Crippen molar-refractivity contribution in [2.24, 2.45) is 5.92 Å². The summed E-state index contributed by atoms with van der Waals surface area (Å²) in [6.07, 6.45) is 4.21. The first kappa shape index (κ1) is 14.8. The van der Waals surface area contributed by atoms with Gasteiger partial charge in [0.1, 0.15) is 5.69 Å². The fraction of sp³-hybridized carbons (Fsp3) is 0.600. The molecule has 0 radical (unpaired) electrons. The van der Waals surface area contributed by atoms with Crippen LogP contribution in [-0.4, -0.2) is 49.1 Å². The van der Waals surface area contributed by atoms with Gasteiger partial charge in [-0.1, -0.05) is 6.92 Å². The molecule has 1 aromatic heterocycles. The molecule has 110 valence electrons. The van der Waals surface area contributed by atoms with Gasteiger partial charge in [0.05, 0.1) is 7.11 Å². The van der Waals surface area contributed by atoms with Gasteiger partial charge in [-0.05, 0) is 44.0 Å². The molecule has 0 amide bonds. The van der Waals surface area contributed by atoms with Crippen molar-refractivity contribution in [1.29, 1.82) is 0 Å². The lowest BCUT2D eigenvalue weighted by molar-refractivity contribution is 0.0594. The van der Waals surface area contributed by atoms with E-state index in [0.29, 0.717) is 5.69 Å². The number of rotatable bonds is 5. The first-order valence-corrected chi connectivity index (χ1v) is 7.19. The maximum Gasteiger partial charge on any atom is 0.356 e. The molecule has 0 saturated carbocycles. The van der Waals surface area contributed by atoms with Gasteiger partial charge in [-0.15, -0.1) is 0 Å². The molecule has 1 aliphatic rings. The van der Waals surface area contributed by atoms with E-state index in [9.17, 15) is 4.79 Å². The molecule has 5 nitrogen and oxygen atoms in total. The average Bonchev–Trinajstić information content (AvgIpc) is 2.49. The smallest absolute Gasteiger partial charge is 0.356 e. The van der Waals surface area contributed by atoms with Crippen LogP contribution in [0.15, 0.2) is 18.3 Å². The van der Waals surface area contributed by atoms with Crippen LogP contribution in [0.4, 0.5) is 5.69 Å². The predicted molar refractivity (Wildman–Crippen MR) is 78.9 cm³/mol. The molecule has 1 saturated heterocycles. The fourth-order valence-electron chi connectivity index (χ4n) is 2.40. The molecule has 0 atom stereocenters. The highest BCUT2D eigenvalue weighted by Crippen LogP contribution is 2.15. The lowest BCUT2D eigenvalue weighted by Crippen LogP contribution is -2.36. The summed E-state index contributed by atoms with van der Waals surface area (Å²) >= 11 is 0. The van der Waals surface area contributed by atoms with E-state index in [1.165, 1.54) is 33.0 Å². The number of likely N-dealkylation sites (tertiary alicyclic amines) is 1. The van der Waals surface area contributed by atoms with Crippen LogP contribution in [0.1, 0.15) is 30.3 Å². The summed E-state index contributed by atoms with van der Waals surface area (Å²) in [6.45, 7) is 6.60. The zero-order valence-electron chi connectivity index (χ0n) is 12.3. The number of anilines is 1. The first-order valence-electron chi connectivity index (χ1n) is 7.19. The van der Waals surface area contributed by atoms with Gasteiger partial charge in [-0.3, -0.25) is 0 Å². The maximum atomic E-state index is 11.4. The SMILES string of the molecule is COC(=O)c1cc(NCCN2CCC(C)CC2)ccn1. The summed E-state index contributed by atoms with van der Waals surface area (Å²) in [6, 6.07) is 3.59. The van der Waals surface area contributed by atoms with E-state index in [4.69, 9.17) is 0 Å². The van der Waals surface area contributed by atoms with Gasteiger partial charge in [-0.2, -0.15) is 0 Å². The highest BCUT2D eigenvalue weighted by molar-refractivity contribution is 5.88. The van der Waals surface area contributed by atoms with E-state index in [1.54, 1.807) is 12.3 Å². The molecule has 1 fully saturated rings. The Morgan fingerprint density at radius 3 is 2.95 bits per heavy atom. The van der Waals surface area contributed by atoms with Gasteiger partial charge < -0.3 is 15.0 Å². The Kier molecular flexibility index (Phi) is 5.35. The van der Waals surface area contributed by atoms with Crippen molar-refractivity contribution in [3.63, 3.8) is 0 Å². The second kappa shape index (κ2) is 7.24. The summed E-state index contributed by atoms with van der Waals surface area (Å²) in [5.41, 5.74) is 1.25. The number of esters is 1. The second-order valence-electron chi connectivity index (χ2n) is 5.37. The first-order chi connectivity index (χ1) is 9.69. The van der Waals surface area contributed by atoms with E-state index < -0.39 is 5.97 Å². The highest BCUT2D eigenvalue weighted by atomic mass is 16.5. The Balaban J connectivity index is 1.78. The van der Waals surface area contributed by atoms with Crippen molar-refractivity contribution in [3.05, 3.63) is 24.0 Å². The van der Waals surface area contributed by atoms with Crippen LogP contribution in [0.5, 0.6) is 0 Å². The van der Waals surface area contributed by atoms with E-state index in [0.717, 1.165) is 24.7 Å². The van der Waals surface area contributed by atoms with Crippen LogP contribution in [0.25, 0.3) is 0 Å². The van der Waals surface area contributed by atoms with E-state index >= 15 is 0 Å². The van der Waals surface area contributed by atoms with Crippen LogP contribution in [0.3, 0.4) is 0 Å². The molecule has 2 rings (SSSR count). The molecular formula is C15H23N3O2. The number of pyridine rings is 1. The molecule has 20 heavy (non-hydrogen) atoms. The minimum absolute atomic E-state index is 0.337. The molecule has 0 bridgehead atoms. The molecule has 1 aromatic rings. The Morgan fingerprint density at radius 2 is 2.25 bits per heavy atom. The number of aromatic nitrogens is 1. The van der Waals surface area contributed by atoms with Crippen LogP contribution in [0.2, 0.25) is 0 Å². The van der Waals surface area contributed by atoms with Gasteiger partial charge in [0.25, 0.3) is 0 Å². The lowest BCUT2D eigenvalue weighted by atomic mass is 9.99. The van der Waals surface area contributed by atoms with Crippen molar-refractivity contribution < 1.29 is 9.53 Å². The number of methoxy groups -OCH3 is 1. The van der Waals surface area contributed by atoms with Crippen LogP contribution in [-0.2, 0) is 4.74 Å². The zero-order valence-corrected chi connectivity index (χ0v) is 12.3. The molecule has 0 unspecified atom stereocenters. The third-order valence-corrected chi connectivity index (χ3v) is 3.79. The quantitative estimate of drug-likeness (QED) is 0.834. The number of nitrogens with one attached hydrogen (secondary N) is 1. The molecule has 1 aliphatic heterocycles. The maximum absolute atomic E-state index is 11.4. The summed E-state index contributed by atoms with van der Waals surface area (Å²) in [5.74, 6) is 0.459. The molecule has 0 aromatic carbocycles. The molecular weight excluding hydrogens is 254 g/mol. The Hall–Kier alpha value is -1.62. The van der Waals surface area contributed by atoms with Gasteiger partial charge in [0.2, 0.25) is 0 Å². The summed E-state index contributed by atoms with van der Waals surface area (Å²) < 4.78 is 4.66. The van der Waals surface area contributed by atoms with Crippen LogP contribution in [0, 0.1) is 5.92 Å². The lowest BCUT2D eigenvalue weighted by Gasteiger charge is -2.30. The number of nitrogens with zero attached hydrogens (tertiary/aromatic N) is 2. The zero-order chi connectivity index (χ0) is 14.4. The van der Waals surface area contributed by atoms with Crippen LogP contribution < -0.4 is 5.32 Å². The summed E-state index contributed by atoms with van der Waals surface area (Å²) in [4.78, 5) is 17.9. The third-order valence-electron chi connectivity index (χ3n) is 3.79. The van der Waals surface area contributed by atoms with Crippen molar-refractivity contribution >= 4 is 11.7 Å². The fourth-order valence-corrected chi connectivity index (χ4v) is 2.40. The van der Waals surface area contributed by atoms with Gasteiger partial charge in [0, 0.05) is 25.0 Å². The topological polar surface area (TPSA) is 54.5 Å². The molecule has 5 heteroatoms. The number of hydrogen-bond donors (Lipinski definition) is 1. The standard InChI is InChI=1S/C15H23N3O2/c1-12-4-8-18(9-5-12)10-7-16-13-3-6-17-14(11-13)15(19)20-2/h3,6,11-12H,4-5,7-10H2,1-2H3,(H,16,17). The second-order valence-corrected chi connectivity index (χ2v) is 5.37. The van der Waals surface area contributed by atoms with E-state index in [2.05, 4.69) is 26.9 Å². The monoisotopic (exact) mass is 277 g/mol. The molecule has 2 heterocycles. The normalized spacial score (nSPS) is 16.9. The third kappa shape index (κ3) is 4.20. The minimum atomic E-state index is -0.404. The molecule has 1 N–H and O–H groups in total. The van der Waals surface area contributed by atoms with Crippen molar-refractivity contribution in [2.45, 2.75) is 19.8 Å². The van der Waals surface area contributed by atoms with Crippen molar-refractivity contribution in [2.75, 3.05) is 38.6 Å². The number of carbonyl (C=O) groups excluding carboxylic acids is 1. The van der Waals surface area contributed by atoms with E-state index in [1.807, 2.05) is 6.07 Å². The van der Waals surface area contributed by atoms with Gasteiger partial charge in [-0.25, -0.2) is 9.78 Å². The summed E-state index contributed by atoms with van der Waals surface area (Å²) in [5, 5.41) is 3.33. The largest absolute Gasteiger partial charge is 0.464 e. The van der Waals surface area contributed by atoms with Crippen molar-refractivity contribution in [1.82, 2.24) is 9.88 Å². The van der Waals surface area contributed by atoms with Gasteiger partial charge in [0.15, 0.2) is 0 Å². The number of ether oxygens (including phenoxy) is 1. The van der Waals surface area contributed by atoms with Crippen LogP contribution >= 0.6 is 0 Å². The Bertz CT molecular complexity index is 442. The number of hydrogen-bond acceptors (Lipinski definition) is 5. The predicted octanol–water partition coefficient (Wildman–Crippen LogP) is 2.01. The molecule has 0 aliphatic carbocycles. The highest BCUT2D eigenvalue weighted by Gasteiger charge is 2.14. The Morgan fingerprint density at radius 1 is 1.50 bits per heavy atom. The number of piperidine rings is 1. The van der Waals surface area contributed by atoms with Crippen molar-refractivity contribution in [3.8, 4) is 0 Å². The number of carbonyl (C=O) groups is 1. The molecule has 0 spiro atoms. The average molecular weight is 277 g/mol. The minimum Gasteiger partial charge on any atom is -0.464 e. The summed E-state index contributed by atoms with van der Waals surface area (Å²) in [7, 11) is 1.36.